The van der Waals surface area contributed by atoms with Gasteiger partial charge in [-0.15, -0.1) is 0 Å². The molecule has 0 atom stereocenters. The molecule has 2 aliphatic heterocycles. The van der Waals surface area contributed by atoms with Gasteiger partial charge in [-0.25, -0.2) is 4.99 Å². The summed E-state index contributed by atoms with van der Waals surface area (Å²) < 4.78 is 0. The number of aliphatic imine (C=N–C) groups is 1. The highest BCUT2D eigenvalue weighted by molar-refractivity contribution is 6.09. The fourth-order valence-electron chi connectivity index (χ4n) is 6.04. The Kier molecular flexibility index (Phi) is 6.89. The number of piperidine rings is 1. The number of rotatable bonds is 5. The molecule has 0 radical (unpaired) electrons. The molecule has 6 nitrogen and oxygen atoms in total. The second-order valence-corrected chi connectivity index (χ2v) is 10.3. The van der Waals surface area contributed by atoms with E-state index in [0.717, 1.165) is 49.9 Å². The lowest BCUT2D eigenvalue weighted by molar-refractivity contribution is -0.138. The zero-order valence-corrected chi connectivity index (χ0v) is 20.4. The number of hydrogen-bond acceptors (Lipinski definition) is 4. The summed E-state index contributed by atoms with van der Waals surface area (Å²) in [4.78, 5) is 35.6. The van der Waals surface area contributed by atoms with E-state index in [1.165, 1.54) is 25.7 Å². The van der Waals surface area contributed by atoms with Crippen LogP contribution in [0.3, 0.4) is 0 Å². The minimum Gasteiger partial charge on any atom is -0.369 e. The highest BCUT2D eigenvalue weighted by Crippen LogP contribution is 2.40. The van der Waals surface area contributed by atoms with Gasteiger partial charge in [-0.05, 0) is 42.7 Å². The van der Waals surface area contributed by atoms with Crippen molar-refractivity contribution in [2.45, 2.75) is 56.9 Å². The summed E-state index contributed by atoms with van der Waals surface area (Å²) >= 11 is 0. The molecule has 0 bridgehead atoms. The zero-order chi connectivity index (χ0) is 24.3. The lowest BCUT2D eigenvalue weighted by Gasteiger charge is -2.36. The summed E-state index contributed by atoms with van der Waals surface area (Å²) in [6, 6.07) is 19.4. The minimum atomic E-state index is -1.15. The average Bonchev–Trinajstić information content (AvgIpc) is 3.08. The predicted molar refractivity (Wildman–Crippen MR) is 137 cm³/mol. The summed E-state index contributed by atoms with van der Waals surface area (Å²) in [6.45, 7) is 2.07. The van der Waals surface area contributed by atoms with Crippen molar-refractivity contribution >= 4 is 17.8 Å². The van der Waals surface area contributed by atoms with Crippen molar-refractivity contribution in [3.63, 3.8) is 0 Å². The van der Waals surface area contributed by atoms with Crippen LogP contribution in [0, 0.1) is 11.8 Å². The van der Waals surface area contributed by atoms with Crippen LogP contribution >= 0.6 is 0 Å². The summed E-state index contributed by atoms with van der Waals surface area (Å²) in [5, 5.41) is 0. The number of benzene rings is 2. The molecule has 1 saturated heterocycles. The SMILES string of the molecule is NC1=NC(c2ccccc2)(c2ccccc2)C(=O)N1CC1CCN(C(=O)C2CCCCCC2)CC1. The van der Waals surface area contributed by atoms with Crippen LogP contribution in [0.25, 0.3) is 0 Å². The van der Waals surface area contributed by atoms with Crippen molar-refractivity contribution in [2.75, 3.05) is 19.6 Å². The number of amides is 2. The molecule has 1 aliphatic carbocycles. The Balaban J connectivity index is 1.28. The molecule has 0 aromatic heterocycles. The third-order valence-corrected chi connectivity index (χ3v) is 8.07. The molecule has 184 valence electrons. The largest absolute Gasteiger partial charge is 0.369 e. The molecule has 35 heavy (non-hydrogen) atoms. The first-order chi connectivity index (χ1) is 17.1. The topological polar surface area (TPSA) is 79.0 Å². The van der Waals surface area contributed by atoms with Crippen molar-refractivity contribution in [2.24, 2.45) is 22.6 Å². The molecule has 2 fully saturated rings. The van der Waals surface area contributed by atoms with Gasteiger partial charge in [0.2, 0.25) is 5.91 Å². The van der Waals surface area contributed by atoms with Crippen molar-refractivity contribution < 1.29 is 9.59 Å². The lowest BCUT2D eigenvalue weighted by Crippen LogP contribution is -2.48. The monoisotopic (exact) mass is 472 g/mol. The average molecular weight is 473 g/mol. The maximum Gasteiger partial charge on any atom is 0.266 e. The first kappa shape index (κ1) is 23.6. The molecule has 6 heteroatoms. The van der Waals surface area contributed by atoms with Crippen LogP contribution in [0.4, 0.5) is 0 Å². The number of nitrogens with zero attached hydrogens (tertiary/aromatic N) is 3. The standard InChI is InChI=1S/C29H36N4O2/c30-28-31-29(24-13-7-3-8-14-24,25-15-9-4-10-16-25)27(35)33(28)21-22-17-19-32(20-18-22)26(34)23-11-5-1-2-6-12-23/h3-4,7-10,13-16,22-23H,1-2,5-6,11-12,17-21H2,(H2,30,31). The van der Waals surface area contributed by atoms with Gasteiger partial charge in [-0.3, -0.25) is 14.5 Å². The third-order valence-electron chi connectivity index (χ3n) is 8.07. The number of guanidine groups is 1. The van der Waals surface area contributed by atoms with E-state index in [0.29, 0.717) is 18.4 Å². The summed E-state index contributed by atoms with van der Waals surface area (Å²) in [7, 11) is 0. The summed E-state index contributed by atoms with van der Waals surface area (Å²) in [6.07, 6.45) is 8.71. The molecule has 3 aliphatic rings. The lowest BCUT2D eigenvalue weighted by atomic mass is 9.82. The molecule has 0 unspecified atom stereocenters. The van der Waals surface area contributed by atoms with Crippen LogP contribution in [-0.2, 0) is 15.1 Å². The normalized spacial score (nSPS) is 21.6. The summed E-state index contributed by atoms with van der Waals surface area (Å²) in [5.74, 6) is 1.03. The van der Waals surface area contributed by atoms with Crippen molar-refractivity contribution in [1.29, 1.82) is 0 Å². The van der Waals surface area contributed by atoms with Gasteiger partial charge < -0.3 is 10.6 Å². The molecule has 2 N–H and O–H groups in total. The molecule has 5 rings (SSSR count). The number of carbonyl (C=O) groups is 2. The van der Waals surface area contributed by atoms with Crippen LogP contribution in [0.2, 0.25) is 0 Å². The first-order valence-corrected chi connectivity index (χ1v) is 13.2. The fourth-order valence-corrected chi connectivity index (χ4v) is 6.04. The van der Waals surface area contributed by atoms with E-state index in [1.807, 2.05) is 60.7 Å². The van der Waals surface area contributed by atoms with E-state index in [-0.39, 0.29) is 17.8 Å². The number of nitrogens with two attached hydrogens (primary N) is 1. The van der Waals surface area contributed by atoms with Crippen LogP contribution in [0.5, 0.6) is 0 Å². The van der Waals surface area contributed by atoms with Gasteiger partial charge in [0.1, 0.15) is 0 Å². The van der Waals surface area contributed by atoms with Gasteiger partial charge in [0, 0.05) is 25.6 Å². The van der Waals surface area contributed by atoms with Crippen LogP contribution < -0.4 is 5.73 Å². The molecule has 1 saturated carbocycles. The quantitative estimate of drug-likeness (QED) is 0.659. The summed E-state index contributed by atoms with van der Waals surface area (Å²) in [5.41, 5.74) is 6.91. The Morgan fingerprint density at radius 3 is 1.94 bits per heavy atom. The Labute approximate surface area is 208 Å². The maximum atomic E-state index is 14.0. The number of likely N-dealkylation sites (tertiary alicyclic amines) is 1. The smallest absolute Gasteiger partial charge is 0.266 e. The third kappa shape index (κ3) is 4.58. The molecule has 2 aromatic rings. The van der Waals surface area contributed by atoms with E-state index in [2.05, 4.69) is 4.90 Å². The van der Waals surface area contributed by atoms with E-state index in [4.69, 9.17) is 10.7 Å². The van der Waals surface area contributed by atoms with E-state index < -0.39 is 5.54 Å². The molecule has 0 spiro atoms. The molecule has 2 amide bonds. The minimum absolute atomic E-state index is 0.0932. The maximum absolute atomic E-state index is 14.0. The van der Waals surface area contributed by atoms with Crippen molar-refractivity contribution in [1.82, 2.24) is 9.80 Å². The van der Waals surface area contributed by atoms with Gasteiger partial charge in [0.25, 0.3) is 5.91 Å². The fraction of sp³-hybridized carbons (Fsp3) is 0.483. The first-order valence-electron chi connectivity index (χ1n) is 13.2. The molecule has 2 aromatic carbocycles. The Morgan fingerprint density at radius 1 is 0.857 bits per heavy atom. The second-order valence-electron chi connectivity index (χ2n) is 10.3. The number of carbonyl (C=O) groups excluding carboxylic acids is 2. The van der Waals surface area contributed by atoms with Crippen molar-refractivity contribution in [3.8, 4) is 0 Å². The zero-order valence-electron chi connectivity index (χ0n) is 20.4. The Bertz CT molecular complexity index is 1010. The molecule has 2 heterocycles. The van der Waals surface area contributed by atoms with Crippen LogP contribution in [0.1, 0.15) is 62.5 Å². The second kappa shape index (κ2) is 10.2. The van der Waals surface area contributed by atoms with E-state index in [1.54, 1.807) is 4.90 Å². The van der Waals surface area contributed by atoms with Crippen molar-refractivity contribution in [3.05, 3.63) is 71.8 Å². The van der Waals surface area contributed by atoms with Gasteiger partial charge >= 0.3 is 0 Å². The predicted octanol–water partition coefficient (Wildman–Crippen LogP) is 4.30. The van der Waals surface area contributed by atoms with Gasteiger partial charge in [-0.1, -0.05) is 86.3 Å². The Hall–Kier alpha value is -3.15. The van der Waals surface area contributed by atoms with Gasteiger partial charge in [-0.2, -0.15) is 0 Å². The highest BCUT2D eigenvalue weighted by Gasteiger charge is 2.51. The highest BCUT2D eigenvalue weighted by atomic mass is 16.2. The van der Waals surface area contributed by atoms with Gasteiger partial charge in [0.15, 0.2) is 11.5 Å². The number of hydrogen-bond donors (Lipinski definition) is 1. The van der Waals surface area contributed by atoms with E-state index >= 15 is 0 Å². The molecular weight excluding hydrogens is 436 g/mol. The molecular formula is C29H36N4O2. The van der Waals surface area contributed by atoms with Crippen LogP contribution in [-0.4, -0.2) is 47.2 Å². The Morgan fingerprint density at radius 2 is 1.40 bits per heavy atom. The van der Waals surface area contributed by atoms with Crippen LogP contribution in [0.15, 0.2) is 65.7 Å². The van der Waals surface area contributed by atoms with E-state index in [9.17, 15) is 9.59 Å². The van der Waals surface area contributed by atoms with Gasteiger partial charge in [0.05, 0.1) is 0 Å².